The molecule has 0 bridgehead atoms. The largest absolute Gasteiger partial charge is 0.292 e. The SMILES string of the molecule is N#CC(C(=O)c1cc(F)c(F)cc1[N+](=O)[O-])c1cccs1. The third kappa shape index (κ3) is 2.78. The molecule has 1 unspecified atom stereocenters. The van der Waals surface area contributed by atoms with Crippen LogP contribution in [0.2, 0.25) is 0 Å². The lowest BCUT2D eigenvalue weighted by Crippen LogP contribution is -2.13. The third-order valence-corrected chi connectivity index (χ3v) is 3.66. The fourth-order valence-electron chi connectivity index (χ4n) is 1.75. The Labute approximate surface area is 121 Å². The minimum atomic E-state index is -1.43. The predicted octanol–water partition coefficient (Wildman–Crippen LogP) is 3.42. The number of ketones is 1. The average Bonchev–Trinajstić information content (AvgIpc) is 2.95. The van der Waals surface area contributed by atoms with Crippen molar-refractivity contribution in [2.24, 2.45) is 0 Å². The Balaban J connectivity index is 2.55. The van der Waals surface area contributed by atoms with Crippen LogP contribution in [-0.4, -0.2) is 10.7 Å². The number of benzene rings is 1. The van der Waals surface area contributed by atoms with Gasteiger partial charge in [-0.15, -0.1) is 11.3 Å². The van der Waals surface area contributed by atoms with Crippen molar-refractivity contribution < 1.29 is 18.5 Å². The van der Waals surface area contributed by atoms with Crippen LogP contribution in [0.1, 0.15) is 21.2 Å². The standard InChI is InChI=1S/C13H6F2N2O3S/c14-9-4-7(11(17(19)20)5-10(9)15)13(18)8(6-16)12-2-1-3-21-12/h1-5,8H. The van der Waals surface area contributed by atoms with Crippen LogP contribution < -0.4 is 0 Å². The number of rotatable bonds is 4. The zero-order valence-electron chi connectivity index (χ0n) is 10.2. The molecule has 1 aromatic heterocycles. The number of halogens is 2. The number of nitro benzene ring substituents is 1. The molecule has 1 aromatic carbocycles. The molecule has 2 aromatic rings. The van der Waals surface area contributed by atoms with E-state index in [9.17, 15) is 23.7 Å². The van der Waals surface area contributed by atoms with Gasteiger partial charge in [0.15, 0.2) is 17.4 Å². The van der Waals surface area contributed by atoms with E-state index in [1.54, 1.807) is 17.5 Å². The Hall–Kier alpha value is -2.66. The van der Waals surface area contributed by atoms with E-state index in [2.05, 4.69) is 0 Å². The Morgan fingerprint density at radius 2 is 2.05 bits per heavy atom. The van der Waals surface area contributed by atoms with Gasteiger partial charge in [-0.05, 0) is 17.5 Å². The molecule has 0 saturated heterocycles. The zero-order chi connectivity index (χ0) is 15.6. The van der Waals surface area contributed by atoms with Crippen molar-refractivity contribution in [1.29, 1.82) is 5.26 Å². The molecule has 0 spiro atoms. The number of nitro groups is 1. The second-order valence-corrected chi connectivity index (χ2v) is 4.96. The minimum Gasteiger partial charge on any atom is -0.292 e. The van der Waals surface area contributed by atoms with Crippen LogP contribution in [0.3, 0.4) is 0 Å². The van der Waals surface area contributed by atoms with Crippen molar-refractivity contribution in [3.05, 3.63) is 61.8 Å². The van der Waals surface area contributed by atoms with Crippen molar-refractivity contribution in [1.82, 2.24) is 0 Å². The maximum atomic E-state index is 13.3. The van der Waals surface area contributed by atoms with Crippen LogP contribution in [0.25, 0.3) is 0 Å². The molecule has 106 valence electrons. The Morgan fingerprint density at radius 3 is 2.57 bits per heavy atom. The van der Waals surface area contributed by atoms with Crippen molar-refractivity contribution >= 4 is 22.8 Å². The van der Waals surface area contributed by atoms with Crippen molar-refractivity contribution in [2.75, 3.05) is 0 Å². The molecule has 0 aliphatic rings. The summed E-state index contributed by atoms with van der Waals surface area (Å²) in [7, 11) is 0. The van der Waals surface area contributed by atoms with E-state index >= 15 is 0 Å². The first-order valence-corrected chi connectivity index (χ1v) is 6.44. The third-order valence-electron chi connectivity index (χ3n) is 2.72. The monoisotopic (exact) mass is 308 g/mol. The lowest BCUT2D eigenvalue weighted by Gasteiger charge is -2.07. The average molecular weight is 308 g/mol. The van der Waals surface area contributed by atoms with E-state index in [1.165, 1.54) is 6.07 Å². The fourth-order valence-corrected chi connectivity index (χ4v) is 2.51. The van der Waals surface area contributed by atoms with Crippen LogP contribution in [0.5, 0.6) is 0 Å². The second kappa shape index (κ2) is 5.76. The number of nitriles is 1. The molecular weight excluding hydrogens is 302 g/mol. The quantitative estimate of drug-likeness (QED) is 0.492. The van der Waals surface area contributed by atoms with Crippen LogP contribution in [0.4, 0.5) is 14.5 Å². The van der Waals surface area contributed by atoms with E-state index in [-0.39, 0.29) is 0 Å². The number of hydrogen-bond acceptors (Lipinski definition) is 5. The number of thiophene rings is 1. The molecule has 0 saturated carbocycles. The Kier molecular flexibility index (Phi) is 4.05. The number of carbonyl (C=O) groups is 1. The molecule has 0 radical (unpaired) electrons. The van der Waals surface area contributed by atoms with Gasteiger partial charge in [-0.3, -0.25) is 14.9 Å². The van der Waals surface area contributed by atoms with Crippen LogP contribution in [0.15, 0.2) is 29.6 Å². The van der Waals surface area contributed by atoms with Crippen LogP contribution in [-0.2, 0) is 0 Å². The zero-order valence-corrected chi connectivity index (χ0v) is 11.1. The summed E-state index contributed by atoms with van der Waals surface area (Å²) in [4.78, 5) is 22.5. The molecule has 2 rings (SSSR count). The highest BCUT2D eigenvalue weighted by molar-refractivity contribution is 7.10. The highest BCUT2D eigenvalue weighted by Gasteiger charge is 2.30. The molecule has 8 heteroatoms. The van der Waals surface area contributed by atoms with Crippen molar-refractivity contribution in [3.63, 3.8) is 0 Å². The summed E-state index contributed by atoms with van der Waals surface area (Å²) < 4.78 is 26.3. The van der Waals surface area contributed by atoms with Gasteiger partial charge < -0.3 is 0 Å². The van der Waals surface area contributed by atoms with Gasteiger partial charge in [0.05, 0.1) is 17.1 Å². The highest BCUT2D eigenvalue weighted by Crippen LogP contribution is 2.30. The van der Waals surface area contributed by atoms with Gasteiger partial charge in [0, 0.05) is 4.88 Å². The number of carbonyl (C=O) groups excluding carboxylic acids is 1. The molecule has 0 aliphatic heterocycles. The summed E-state index contributed by atoms with van der Waals surface area (Å²) in [6.45, 7) is 0. The smallest absolute Gasteiger partial charge is 0.283 e. The van der Waals surface area contributed by atoms with Gasteiger partial charge in [0.2, 0.25) is 0 Å². The van der Waals surface area contributed by atoms with E-state index in [4.69, 9.17) is 5.26 Å². The summed E-state index contributed by atoms with van der Waals surface area (Å²) in [6, 6.07) is 5.64. The van der Waals surface area contributed by atoms with Crippen molar-refractivity contribution in [3.8, 4) is 6.07 Å². The topological polar surface area (TPSA) is 84.0 Å². The van der Waals surface area contributed by atoms with Gasteiger partial charge >= 0.3 is 0 Å². The van der Waals surface area contributed by atoms with E-state index < -0.39 is 39.5 Å². The first kappa shape index (κ1) is 14.7. The molecule has 1 atom stereocenters. The minimum absolute atomic E-state index is 0.339. The summed E-state index contributed by atoms with van der Waals surface area (Å²) in [5.41, 5.74) is -1.49. The molecule has 0 amide bonds. The van der Waals surface area contributed by atoms with Gasteiger partial charge in [-0.25, -0.2) is 8.78 Å². The van der Waals surface area contributed by atoms with Gasteiger partial charge in [0.25, 0.3) is 5.69 Å². The fraction of sp³-hybridized carbons (Fsp3) is 0.0769. The summed E-state index contributed by atoms with van der Waals surface area (Å²) in [6.07, 6.45) is 0. The van der Waals surface area contributed by atoms with Gasteiger partial charge in [0.1, 0.15) is 11.5 Å². The number of nitrogens with zero attached hydrogens (tertiary/aromatic N) is 2. The summed E-state index contributed by atoms with van der Waals surface area (Å²) in [5.74, 6) is -5.05. The maximum absolute atomic E-state index is 13.3. The number of Topliss-reactive ketones (excluding diaryl/α,β-unsaturated/α-hetero) is 1. The van der Waals surface area contributed by atoms with Crippen LogP contribution >= 0.6 is 11.3 Å². The Morgan fingerprint density at radius 1 is 1.38 bits per heavy atom. The summed E-state index contributed by atoms with van der Waals surface area (Å²) in [5, 5.41) is 21.6. The van der Waals surface area contributed by atoms with Gasteiger partial charge in [-0.2, -0.15) is 5.26 Å². The molecule has 1 heterocycles. The van der Waals surface area contributed by atoms with Crippen molar-refractivity contribution in [2.45, 2.75) is 5.92 Å². The molecular formula is C13H6F2N2O3S. The summed E-state index contributed by atoms with van der Waals surface area (Å²) >= 11 is 1.12. The van der Waals surface area contributed by atoms with E-state index in [1.807, 2.05) is 0 Å². The number of hydrogen-bond donors (Lipinski definition) is 0. The van der Waals surface area contributed by atoms with E-state index in [0.717, 1.165) is 11.3 Å². The first-order valence-electron chi connectivity index (χ1n) is 5.56. The second-order valence-electron chi connectivity index (χ2n) is 3.98. The lowest BCUT2D eigenvalue weighted by molar-refractivity contribution is -0.385. The lowest BCUT2D eigenvalue weighted by atomic mass is 9.96. The van der Waals surface area contributed by atoms with Crippen LogP contribution in [0, 0.1) is 33.1 Å². The molecule has 0 fully saturated rings. The predicted molar refractivity (Wildman–Crippen MR) is 70.0 cm³/mol. The highest BCUT2D eigenvalue weighted by atomic mass is 32.1. The van der Waals surface area contributed by atoms with Gasteiger partial charge in [-0.1, -0.05) is 6.07 Å². The molecule has 0 aliphatic carbocycles. The molecule has 21 heavy (non-hydrogen) atoms. The molecule has 0 N–H and O–H groups in total. The molecule has 5 nitrogen and oxygen atoms in total. The Bertz CT molecular complexity index is 754. The maximum Gasteiger partial charge on any atom is 0.283 e. The first-order chi connectivity index (χ1) is 9.95. The normalized spacial score (nSPS) is 11.7. The van der Waals surface area contributed by atoms with E-state index in [0.29, 0.717) is 17.0 Å².